The lowest BCUT2D eigenvalue weighted by Crippen LogP contribution is -2.52. The van der Waals surface area contributed by atoms with Crippen LogP contribution in [0, 0.1) is 23.2 Å². The van der Waals surface area contributed by atoms with Crippen molar-refractivity contribution >= 4 is 11.9 Å². The monoisotopic (exact) mass is 263 g/mol. The fourth-order valence-electron chi connectivity index (χ4n) is 5.48. The second-order valence-electron chi connectivity index (χ2n) is 7.35. The molecule has 4 saturated carbocycles. The molecule has 4 aliphatic carbocycles. The molecule has 5 fully saturated rings. The minimum absolute atomic E-state index is 0.213. The Kier molecular flexibility index (Phi) is 2.53. The Morgan fingerprint density at radius 3 is 2.11 bits per heavy atom. The van der Waals surface area contributed by atoms with E-state index in [1.54, 1.807) is 0 Å². The molecular weight excluding hydrogens is 242 g/mol. The lowest BCUT2D eigenvalue weighted by Gasteiger charge is -2.57. The molecule has 0 amide bonds. The zero-order valence-electron chi connectivity index (χ0n) is 11.2. The first kappa shape index (κ1) is 11.9. The molecule has 0 aromatic heterocycles. The van der Waals surface area contributed by atoms with Crippen LogP contribution in [0.3, 0.4) is 0 Å². The van der Waals surface area contributed by atoms with Gasteiger partial charge in [-0.25, -0.2) is 4.79 Å². The summed E-state index contributed by atoms with van der Waals surface area (Å²) in [6.07, 6.45) is 8.48. The van der Waals surface area contributed by atoms with Crippen LogP contribution in [0.2, 0.25) is 0 Å². The van der Waals surface area contributed by atoms with E-state index < -0.39 is 0 Å². The number of carbonyl (C=O) groups is 2. The molecule has 4 bridgehead atoms. The van der Waals surface area contributed by atoms with Crippen LogP contribution in [-0.2, 0) is 14.3 Å². The first-order valence-electron chi connectivity index (χ1n) is 7.60. The number of esters is 2. The highest BCUT2D eigenvalue weighted by molar-refractivity contribution is 5.96. The molecule has 19 heavy (non-hydrogen) atoms. The van der Waals surface area contributed by atoms with Crippen molar-refractivity contribution < 1.29 is 14.3 Å². The van der Waals surface area contributed by atoms with E-state index in [0.717, 1.165) is 24.3 Å². The first-order chi connectivity index (χ1) is 9.12. The molecule has 0 aromatic rings. The van der Waals surface area contributed by atoms with Crippen LogP contribution in [-0.4, -0.2) is 24.5 Å². The van der Waals surface area contributed by atoms with Crippen LogP contribution in [0.5, 0.6) is 0 Å². The second kappa shape index (κ2) is 4.05. The SMILES string of the molecule is O=C1CC(NCC23CC4CC(CC(C4)C2)C3)C(=O)O1. The Hall–Kier alpha value is -0.900. The Morgan fingerprint density at radius 2 is 1.63 bits per heavy atom. The van der Waals surface area contributed by atoms with Gasteiger partial charge in [-0.15, -0.1) is 0 Å². The highest BCUT2D eigenvalue weighted by Crippen LogP contribution is 2.59. The molecule has 0 radical (unpaired) electrons. The number of nitrogens with one attached hydrogen (secondary N) is 1. The van der Waals surface area contributed by atoms with Gasteiger partial charge in [0.2, 0.25) is 0 Å². The maximum atomic E-state index is 11.5. The van der Waals surface area contributed by atoms with Gasteiger partial charge in [-0.1, -0.05) is 0 Å². The standard InChI is InChI=1S/C15H21NO3/c17-13-4-12(14(18)19-13)16-8-15-5-9-1-10(6-15)3-11(2-9)7-15/h9-12,16H,1-8H2. The summed E-state index contributed by atoms with van der Waals surface area (Å²) in [6, 6.07) is -0.388. The zero-order chi connectivity index (χ0) is 13.0. The minimum atomic E-state index is -0.388. The van der Waals surface area contributed by atoms with E-state index in [0.29, 0.717) is 5.41 Å². The van der Waals surface area contributed by atoms with Crippen LogP contribution in [0.4, 0.5) is 0 Å². The van der Waals surface area contributed by atoms with Crippen molar-refractivity contribution in [2.24, 2.45) is 23.2 Å². The Balaban J connectivity index is 1.43. The third kappa shape index (κ3) is 2.00. The molecule has 1 heterocycles. The Bertz CT molecular complexity index is 396. The fourth-order valence-corrected chi connectivity index (χ4v) is 5.48. The number of hydrogen-bond acceptors (Lipinski definition) is 4. The molecule has 5 aliphatic rings. The molecule has 1 unspecified atom stereocenters. The van der Waals surface area contributed by atoms with Crippen LogP contribution >= 0.6 is 0 Å². The first-order valence-corrected chi connectivity index (χ1v) is 7.60. The highest BCUT2D eigenvalue weighted by atomic mass is 16.6. The number of cyclic esters (lactones) is 2. The van der Waals surface area contributed by atoms with Crippen LogP contribution < -0.4 is 5.32 Å². The smallest absolute Gasteiger partial charge is 0.331 e. The summed E-state index contributed by atoms with van der Waals surface area (Å²) in [5.41, 5.74) is 0.403. The number of ether oxygens (including phenoxy) is 1. The van der Waals surface area contributed by atoms with Gasteiger partial charge in [0.15, 0.2) is 0 Å². The van der Waals surface area contributed by atoms with Gasteiger partial charge in [0.05, 0.1) is 6.42 Å². The lowest BCUT2D eigenvalue weighted by atomic mass is 9.49. The second-order valence-corrected chi connectivity index (χ2v) is 7.35. The van der Waals surface area contributed by atoms with Crippen molar-refractivity contribution in [1.29, 1.82) is 0 Å². The van der Waals surface area contributed by atoms with Gasteiger partial charge in [-0.3, -0.25) is 4.79 Å². The van der Waals surface area contributed by atoms with Crippen molar-refractivity contribution in [3.63, 3.8) is 0 Å². The summed E-state index contributed by atoms with van der Waals surface area (Å²) >= 11 is 0. The largest absolute Gasteiger partial charge is 0.392 e. The molecule has 1 N–H and O–H groups in total. The number of carbonyl (C=O) groups excluding carboxylic acids is 2. The summed E-state index contributed by atoms with van der Waals surface area (Å²) < 4.78 is 4.60. The quantitative estimate of drug-likeness (QED) is 0.621. The maximum Gasteiger partial charge on any atom is 0.331 e. The van der Waals surface area contributed by atoms with Gasteiger partial charge < -0.3 is 10.1 Å². The predicted octanol–water partition coefficient (Wildman–Crippen LogP) is 1.63. The average molecular weight is 263 g/mol. The van der Waals surface area contributed by atoms with Crippen LogP contribution in [0.15, 0.2) is 0 Å². The highest BCUT2D eigenvalue weighted by Gasteiger charge is 2.51. The van der Waals surface area contributed by atoms with E-state index in [2.05, 4.69) is 10.1 Å². The summed E-state index contributed by atoms with van der Waals surface area (Å²) in [6.45, 7) is 0.892. The van der Waals surface area contributed by atoms with E-state index >= 15 is 0 Å². The van der Waals surface area contributed by atoms with Crippen molar-refractivity contribution in [2.45, 2.75) is 51.0 Å². The molecule has 1 aliphatic heterocycles. The zero-order valence-corrected chi connectivity index (χ0v) is 11.2. The molecular formula is C15H21NO3. The molecule has 0 aromatic carbocycles. The molecule has 1 saturated heterocycles. The number of rotatable bonds is 3. The summed E-state index contributed by atoms with van der Waals surface area (Å²) in [7, 11) is 0. The Labute approximate surface area is 113 Å². The normalized spacial score (nSPS) is 47.8. The molecule has 1 atom stereocenters. The van der Waals surface area contributed by atoms with Crippen LogP contribution in [0.1, 0.15) is 44.9 Å². The Morgan fingerprint density at radius 1 is 1.05 bits per heavy atom. The van der Waals surface area contributed by atoms with Crippen molar-refractivity contribution in [3.05, 3.63) is 0 Å². The third-order valence-corrected chi connectivity index (χ3v) is 5.76. The summed E-state index contributed by atoms with van der Waals surface area (Å²) in [4.78, 5) is 22.6. The molecule has 5 rings (SSSR count). The predicted molar refractivity (Wildman–Crippen MR) is 68.1 cm³/mol. The van der Waals surface area contributed by atoms with Crippen molar-refractivity contribution in [2.75, 3.05) is 6.54 Å². The van der Waals surface area contributed by atoms with Gasteiger partial charge in [0.1, 0.15) is 6.04 Å². The van der Waals surface area contributed by atoms with Crippen LogP contribution in [0.25, 0.3) is 0 Å². The van der Waals surface area contributed by atoms with Crippen molar-refractivity contribution in [3.8, 4) is 0 Å². The molecule has 4 heteroatoms. The average Bonchev–Trinajstić information content (AvgIpc) is 2.64. The molecule has 4 nitrogen and oxygen atoms in total. The van der Waals surface area contributed by atoms with Gasteiger partial charge in [-0.05, 0) is 61.7 Å². The molecule has 104 valence electrons. The summed E-state index contributed by atoms with van der Waals surface area (Å²) in [5, 5.41) is 3.32. The van der Waals surface area contributed by atoms with E-state index in [1.807, 2.05) is 0 Å². The van der Waals surface area contributed by atoms with E-state index in [9.17, 15) is 9.59 Å². The van der Waals surface area contributed by atoms with E-state index in [-0.39, 0.29) is 24.4 Å². The van der Waals surface area contributed by atoms with Gasteiger partial charge in [0.25, 0.3) is 0 Å². The van der Waals surface area contributed by atoms with E-state index in [1.165, 1.54) is 38.5 Å². The third-order valence-electron chi connectivity index (χ3n) is 5.76. The maximum absolute atomic E-state index is 11.5. The number of hydrogen-bond donors (Lipinski definition) is 1. The topological polar surface area (TPSA) is 55.4 Å². The summed E-state index contributed by atoms with van der Waals surface area (Å²) in [5.74, 6) is 2.00. The fraction of sp³-hybridized carbons (Fsp3) is 0.867. The van der Waals surface area contributed by atoms with Crippen molar-refractivity contribution in [1.82, 2.24) is 5.32 Å². The lowest BCUT2D eigenvalue weighted by molar-refractivity contribution is -0.152. The van der Waals surface area contributed by atoms with Gasteiger partial charge in [-0.2, -0.15) is 0 Å². The van der Waals surface area contributed by atoms with Gasteiger partial charge >= 0.3 is 11.9 Å². The molecule has 0 spiro atoms. The van der Waals surface area contributed by atoms with Gasteiger partial charge in [0, 0.05) is 6.54 Å². The van der Waals surface area contributed by atoms with E-state index in [4.69, 9.17) is 0 Å². The minimum Gasteiger partial charge on any atom is -0.392 e.